The number of unbranched alkanes of at least 4 members (excludes halogenated alkanes) is 1. The van der Waals surface area contributed by atoms with Gasteiger partial charge in [0, 0.05) is 21.6 Å². The minimum absolute atomic E-state index is 0.167. The number of nitrogens with zero attached hydrogens (tertiary/aromatic N) is 4. The second-order valence-corrected chi connectivity index (χ2v) is 8.17. The zero-order valence-corrected chi connectivity index (χ0v) is 17.1. The van der Waals surface area contributed by atoms with Gasteiger partial charge >= 0.3 is 0 Å². The quantitative estimate of drug-likeness (QED) is 0.736. The second kappa shape index (κ2) is 7.82. The average Bonchev–Trinajstić information content (AvgIpc) is 2.68. The summed E-state index contributed by atoms with van der Waals surface area (Å²) >= 11 is 5.04. The van der Waals surface area contributed by atoms with E-state index in [4.69, 9.17) is 10.1 Å². The average molecular weight is 444 g/mol. The van der Waals surface area contributed by atoms with E-state index < -0.39 is 6.17 Å². The predicted octanol–water partition coefficient (Wildman–Crippen LogP) is 2.52. The van der Waals surface area contributed by atoms with E-state index in [0.29, 0.717) is 10.9 Å². The summed E-state index contributed by atoms with van der Waals surface area (Å²) in [6.07, 6.45) is 3.43. The first-order chi connectivity index (χ1) is 13.2. The molecule has 1 amide bonds. The van der Waals surface area contributed by atoms with Crippen LogP contribution in [0.25, 0.3) is 5.70 Å². The first-order valence-corrected chi connectivity index (χ1v) is 10.6. The van der Waals surface area contributed by atoms with E-state index in [9.17, 15) is 4.79 Å². The van der Waals surface area contributed by atoms with Crippen LogP contribution in [0.2, 0.25) is 0 Å². The summed E-state index contributed by atoms with van der Waals surface area (Å²) in [6.45, 7) is 2.14. The molecule has 3 heterocycles. The van der Waals surface area contributed by atoms with Crippen LogP contribution in [0, 0.1) is 0 Å². The number of rotatable bonds is 4. The minimum Gasteiger partial charge on any atom is -0.298 e. The number of fused-ring (bicyclic) bond motifs is 2. The van der Waals surface area contributed by atoms with Gasteiger partial charge in [-0.05, 0) is 36.8 Å². The molecule has 0 saturated carbocycles. The Kier molecular flexibility index (Phi) is 5.27. The van der Waals surface area contributed by atoms with Gasteiger partial charge in [-0.25, -0.2) is 5.01 Å². The SMILES string of the molecule is CCCCSC1=NN2C(=c3cc(Br)ccc3=NC2c2ccccn2)C(=O)N1. The molecule has 0 radical (unpaired) electrons. The summed E-state index contributed by atoms with van der Waals surface area (Å²) in [5, 5.41) is 11.5. The molecule has 0 saturated heterocycles. The number of aromatic nitrogens is 1. The van der Waals surface area contributed by atoms with Gasteiger partial charge in [0.2, 0.25) is 0 Å². The van der Waals surface area contributed by atoms with Crippen molar-refractivity contribution in [1.82, 2.24) is 15.3 Å². The molecular formula is C19H18BrN5OS. The Morgan fingerprint density at radius 3 is 2.96 bits per heavy atom. The third kappa shape index (κ3) is 3.64. The fourth-order valence-corrected chi connectivity index (χ4v) is 4.25. The Morgan fingerprint density at radius 1 is 1.30 bits per heavy atom. The van der Waals surface area contributed by atoms with Crippen molar-refractivity contribution in [2.24, 2.45) is 10.1 Å². The van der Waals surface area contributed by atoms with E-state index in [1.54, 1.807) is 23.0 Å². The third-order valence-corrected chi connectivity index (χ3v) is 5.70. The Labute approximate surface area is 169 Å². The molecule has 6 nitrogen and oxygen atoms in total. The standard InChI is InChI=1S/C19H18BrN5OS/c1-2-3-10-27-19-23-18(26)16-13-11-12(20)7-8-14(13)22-17(25(16)24-19)15-6-4-5-9-21-15/h4-9,11,17H,2-3,10H2,1H3,(H,23,24,26). The highest BCUT2D eigenvalue weighted by atomic mass is 79.9. The monoisotopic (exact) mass is 443 g/mol. The first-order valence-electron chi connectivity index (χ1n) is 8.78. The van der Waals surface area contributed by atoms with Crippen LogP contribution in [-0.2, 0) is 4.79 Å². The first kappa shape index (κ1) is 18.2. The molecule has 0 bridgehead atoms. The van der Waals surface area contributed by atoms with Crippen LogP contribution in [0.4, 0.5) is 0 Å². The molecule has 4 rings (SSSR count). The van der Waals surface area contributed by atoms with Gasteiger partial charge in [0.1, 0.15) is 5.70 Å². The lowest BCUT2D eigenvalue weighted by Crippen LogP contribution is -2.50. The summed E-state index contributed by atoms with van der Waals surface area (Å²) in [5.41, 5.74) is 1.25. The van der Waals surface area contributed by atoms with Gasteiger partial charge < -0.3 is 0 Å². The Morgan fingerprint density at radius 2 is 2.19 bits per heavy atom. The Hall–Kier alpha value is -2.19. The molecule has 2 aliphatic heterocycles. The van der Waals surface area contributed by atoms with Gasteiger partial charge in [0.05, 0.1) is 11.1 Å². The maximum Gasteiger partial charge on any atom is 0.276 e. The number of halogens is 1. The maximum absolute atomic E-state index is 13.0. The highest BCUT2D eigenvalue weighted by molar-refractivity contribution is 9.10. The number of hydrogen-bond acceptors (Lipinski definition) is 6. The number of amides is 1. The van der Waals surface area contributed by atoms with Crippen molar-refractivity contribution in [2.75, 3.05) is 5.75 Å². The topological polar surface area (TPSA) is 70.0 Å². The van der Waals surface area contributed by atoms with E-state index in [1.165, 1.54) is 0 Å². The maximum atomic E-state index is 13.0. The van der Waals surface area contributed by atoms with Gasteiger partial charge in [-0.1, -0.05) is 47.1 Å². The van der Waals surface area contributed by atoms with Crippen LogP contribution < -0.4 is 15.9 Å². The molecule has 0 aliphatic carbocycles. The minimum atomic E-state index is -0.470. The summed E-state index contributed by atoms with van der Waals surface area (Å²) in [6, 6.07) is 11.4. The molecule has 27 heavy (non-hydrogen) atoms. The third-order valence-electron chi connectivity index (χ3n) is 4.26. The molecule has 8 heteroatoms. The lowest BCUT2D eigenvalue weighted by atomic mass is 10.1. The predicted molar refractivity (Wildman–Crippen MR) is 110 cm³/mol. The van der Waals surface area contributed by atoms with E-state index in [-0.39, 0.29) is 5.91 Å². The fraction of sp³-hybridized carbons (Fsp3) is 0.263. The van der Waals surface area contributed by atoms with Crippen molar-refractivity contribution in [3.63, 3.8) is 0 Å². The summed E-state index contributed by atoms with van der Waals surface area (Å²) in [4.78, 5) is 22.2. The molecule has 2 aromatic rings. The lowest BCUT2D eigenvalue weighted by molar-refractivity contribution is -0.116. The molecule has 1 N–H and O–H groups in total. The van der Waals surface area contributed by atoms with Crippen molar-refractivity contribution in [1.29, 1.82) is 0 Å². The van der Waals surface area contributed by atoms with Crippen molar-refractivity contribution in [3.8, 4) is 0 Å². The van der Waals surface area contributed by atoms with Gasteiger partial charge in [-0.15, -0.1) is 5.10 Å². The van der Waals surface area contributed by atoms with Crippen molar-refractivity contribution in [2.45, 2.75) is 25.9 Å². The lowest BCUT2D eigenvalue weighted by Gasteiger charge is -2.33. The number of pyridine rings is 1. The number of carbonyl (C=O) groups excluding carboxylic acids is 1. The van der Waals surface area contributed by atoms with Crippen molar-refractivity contribution < 1.29 is 4.79 Å². The van der Waals surface area contributed by atoms with Crippen molar-refractivity contribution >= 4 is 44.5 Å². The summed E-state index contributed by atoms with van der Waals surface area (Å²) < 4.78 is 0.889. The number of benzene rings is 1. The van der Waals surface area contributed by atoms with Crippen LogP contribution in [0.1, 0.15) is 31.6 Å². The largest absolute Gasteiger partial charge is 0.298 e. The summed E-state index contributed by atoms with van der Waals surface area (Å²) in [5.74, 6) is 0.742. The van der Waals surface area contributed by atoms with E-state index >= 15 is 0 Å². The van der Waals surface area contributed by atoms with Crippen LogP contribution in [-0.4, -0.2) is 26.8 Å². The zero-order chi connectivity index (χ0) is 18.8. The van der Waals surface area contributed by atoms with E-state index in [0.717, 1.165) is 39.3 Å². The van der Waals surface area contributed by atoms with E-state index in [2.05, 4.69) is 33.2 Å². The van der Waals surface area contributed by atoms with Crippen LogP contribution in [0.5, 0.6) is 0 Å². The molecule has 1 aromatic carbocycles. The van der Waals surface area contributed by atoms with Gasteiger partial charge in [0.15, 0.2) is 11.3 Å². The normalized spacial score (nSPS) is 18.2. The molecule has 1 atom stereocenters. The van der Waals surface area contributed by atoms with Gasteiger partial charge in [0.25, 0.3) is 5.91 Å². The van der Waals surface area contributed by atoms with Crippen LogP contribution >= 0.6 is 27.7 Å². The molecule has 1 aromatic heterocycles. The molecule has 0 spiro atoms. The van der Waals surface area contributed by atoms with E-state index in [1.807, 2.05) is 36.4 Å². The molecule has 1 unspecified atom stereocenters. The van der Waals surface area contributed by atoms with Gasteiger partial charge in [-0.2, -0.15) is 0 Å². The number of hydrogen-bond donors (Lipinski definition) is 1. The number of amidine groups is 1. The van der Waals surface area contributed by atoms with Crippen molar-refractivity contribution in [3.05, 3.63) is 63.3 Å². The fourth-order valence-electron chi connectivity index (χ4n) is 2.95. The number of nitrogens with one attached hydrogen (secondary N) is 1. The zero-order valence-electron chi connectivity index (χ0n) is 14.7. The highest BCUT2D eigenvalue weighted by Crippen LogP contribution is 2.29. The molecule has 2 aliphatic rings. The van der Waals surface area contributed by atoms with Crippen LogP contribution in [0.15, 0.2) is 57.2 Å². The highest BCUT2D eigenvalue weighted by Gasteiger charge is 2.34. The smallest absolute Gasteiger partial charge is 0.276 e. The Bertz CT molecular complexity index is 1020. The van der Waals surface area contributed by atoms with Crippen LogP contribution in [0.3, 0.4) is 0 Å². The summed E-state index contributed by atoms with van der Waals surface area (Å²) in [7, 11) is 0. The number of carbonyl (C=O) groups is 1. The molecule has 0 fully saturated rings. The second-order valence-electron chi connectivity index (χ2n) is 6.17. The van der Waals surface area contributed by atoms with Gasteiger partial charge in [-0.3, -0.25) is 20.1 Å². The molecular weight excluding hydrogens is 426 g/mol. The number of thioether (sulfide) groups is 1. The number of hydrazone groups is 1. The molecule has 138 valence electrons. The Balaban J connectivity index is 1.86.